The third kappa shape index (κ3) is 3.19. The van der Waals surface area contributed by atoms with E-state index in [1.54, 1.807) is 0 Å². The average molecular weight is 296 g/mol. The predicted octanol–water partition coefficient (Wildman–Crippen LogP) is 0.532. The van der Waals surface area contributed by atoms with Gasteiger partial charge in [0.2, 0.25) is 10.0 Å². The summed E-state index contributed by atoms with van der Waals surface area (Å²) in [6, 6.07) is 5.16. The smallest absolute Gasteiger partial charge is 0.315 e. The van der Waals surface area contributed by atoms with Gasteiger partial charge in [-0.15, -0.1) is 0 Å². The van der Waals surface area contributed by atoms with E-state index in [0.29, 0.717) is 12.2 Å². The molecule has 8 nitrogen and oxygen atoms in total. The van der Waals surface area contributed by atoms with Crippen LogP contribution in [0.3, 0.4) is 0 Å². The number of anilines is 1. The van der Waals surface area contributed by atoms with Crippen LogP contribution in [0.1, 0.15) is 23.1 Å². The first-order valence-corrected chi connectivity index (χ1v) is 7.21. The molecule has 9 heteroatoms. The van der Waals surface area contributed by atoms with Gasteiger partial charge in [0.25, 0.3) is 5.91 Å². The van der Waals surface area contributed by atoms with Crippen LogP contribution in [0, 0.1) is 0 Å². The Morgan fingerprint density at radius 1 is 1.35 bits per heavy atom. The van der Waals surface area contributed by atoms with E-state index >= 15 is 0 Å². The Labute approximate surface area is 115 Å². The van der Waals surface area contributed by atoms with Crippen LogP contribution in [-0.4, -0.2) is 24.5 Å². The summed E-state index contributed by atoms with van der Waals surface area (Å²) < 4.78 is 27.0. The largest absolute Gasteiger partial charge is 0.328 e. The fraction of sp³-hybridized carbons (Fsp3) is 0.182. The number of nitrogens with zero attached hydrogens (tertiary/aromatic N) is 2. The van der Waals surface area contributed by atoms with Gasteiger partial charge in [0.1, 0.15) is 0 Å². The summed E-state index contributed by atoms with van der Waals surface area (Å²) in [4.78, 5) is 15.7. The first-order chi connectivity index (χ1) is 9.40. The molecular formula is C11H12N4O4S. The van der Waals surface area contributed by atoms with Gasteiger partial charge in [-0.1, -0.05) is 12.1 Å². The van der Waals surface area contributed by atoms with Crippen LogP contribution < -0.4 is 10.5 Å². The molecule has 20 heavy (non-hydrogen) atoms. The number of aryl methyl sites for hydroxylation is 1. The standard InChI is InChI=1S/C11H12N4O4S/c1-2-9-13-11(19-15-9)14-10(16)7-3-5-8(6-4-7)20(12,17)18/h3-6H,2H2,1H3,(H2,12,17,18)(H,13,14,15,16). The number of amides is 1. The minimum absolute atomic E-state index is 0.0117. The van der Waals surface area contributed by atoms with E-state index in [2.05, 4.69) is 15.5 Å². The highest BCUT2D eigenvalue weighted by Crippen LogP contribution is 2.11. The molecule has 0 spiro atoms. The molecule has 2 aromatic rings. The highest BCUT2D eigenvalue weighted by atomic mass is 32.2. The molecule has 0 aliphatic rings. The Morgan fingerprint density at radius 2 is 2.00 bits per heavy atom. The maximum atomic E-state index is 11.9. The molecule has 2 rings (SSSR count). The van der Waals surface area contributed by atoms with E-state index in [-0.39, 0.29) is 16.5 Å². The molecule has 3 N–H and O–H groups in total. The number of carbonyl (C=O) groups excluding carboxylic acids is 1. The minimum Gasteiger partial charge on any atom is -0.315 e. The number of nitrogens with one attached hydrogen (secondary N) is 1. The lowest BCUT2D eigenvalue weighted by Crippen LogP contribution is -2.14. The van der Waals surface area contributed by atoms with Gasteiger partial charge < -0.3 is 4.52 Å². The molecule has 0 unspecified atom stereocenters. The van der Waals surface area contributed by atoms with Crippen molar-refractivity contribution in [1.82, 2.24) is 10.1 Å². The predicted molar refractivity (Wildman–Crippen MR) is 69.4 cm³/mol. The Morgan fingerprint density at radius 3 is 2.50 bits per heavy atom. The third-order valence-electron chi connectivity index (χ3n) is 2.45. The summed E-state index contributed by atoms with van der Waals surface area (Å²) in [7, 11) is -3.78. The molecule has 0 radical (unpaired) electrons. The maximum Gasteiger partial charge on any atom is 0.328 e. The molecule has 106 valence electrons. The van der Waals surface area contributed by atoms with Crippen LogP contribution in [-0.2, 0) is 16.4 Å². The van der Waals surface area contributed by atoms with Crippen LogP contribution in [0.4, 0.5) is 6.01 Å². The number of primary sulfonamides is 1. The number of hydrogen-bond donors (Lipinski definition) is 2. The average Bonchev–Trinajstić information content (AvgIpc) is 2.85. The van der Waals surface area contributed by atoms with Crippen LogP contribution in [0.15, 0.2) is 33.7 Å². The van der Waals surface area contributed by atoms with Gasteiger partial charge in [-0.25, -0.2) is 13.6 Å². The third-order valence-corrected chi connectivity index (χ3v) is 3.38. The van der Waals surface area contributed by atoms with E-state index in [1.807, 2.05) is 6.92 Å². The first-order valence-electron chi connectivity index (χ1n) is 5.67. The molecule has 0 saturated heterocycles. The second-order valence-electron chi connectivity index (χ2n) is 3.89. The second-order valence-corrected chi connectivity index (χ2v) is 5.45. The Hall–Kier alpha value is -2.26. The number of nitrogens with two attached hydrogens (primary N) is 1. The molecule has 1 aromatic heterocycles. The topological polar surface area (TPSA) is 128 Å². The molecule has 1 aromatic carbocycles. The second kappa shape index (κ2) is 5.39. The number of sulfonamides is 1. The van der Waals surface area contributed by atoms with Crippen molar-refractivity contribution >= 4 is 21.9 Å². The van der Waals surface area contributed by atoms with Gasteiger partial charge in [0, 0.05) is 12.0 Å². The van der Waals surface area contributed by atoms with Crippen molar-refractivity contribution in [1.29, 1.82) is 0 Å². The molecule has 0 saturated carbocycles. The highest BCUT2D eigenvalue weighted by Gasteiger charge is 2.13. The van der Waals surface area contributed by atoms with E-state index in [1.165, 1.54) is 24.3 Å². The van der Waals surface area contributed by atoms with Gasteiger partial charge in [-0.05, 0) is 24.3 Å². The fourth-order valence-corrected chi connectivity index (χ4v) is 1.93. The van der Waals surface area contributed by atoms with Crippen molar-refractivity contribution in [2.24, 2.45) is 5.14 Å². The zero-order chi connectivity index (χ0) is 14.8. The minimum atomic E-state index is -3.78. The molecule has 0 aliphatic heterocycles. The highest BCUT2D eigenvalue weighted by molar-refractivity contribution is 7.89. The zero-order valence-corrected chi connectivity index (χ0v) is 11.3. The van der Waals surface area contributed by atoms with E-state index in [0.717, 1.165) is 0 Å². The van der Waals surface area contributed by atoms with Crippen LogP contribution in [0.2, 0.25) is 0 Å². The number of benzene rings is 1. The van der Waals surface area contributed by atoms with E-state index in [9.17, 15) is 13.2 Å². The fourth-order valence-electron chi connectivity index (χ4n) is 1.41. The van der Waals surface area contributed by atoms with Crippen molar-refractivity contribution in [3.05, 3.63) is 35.7 Å². The van der Waals surface area contributed by atoms with Crippen molar-refractivity contribution in [3.63, 3.8) is 0 Å². The van der Waals surface area contributed by atoms with Crippen LogP contribution in [0.25, 0.3) is 0 Å². The van der Waals surface area contributed by atoms with Crippen LogP contribution >= 0.6 is 0 Å². The van der Waals surface area contributed by atoms with Crippen molar-refractivity contribution in [2.45, 2.75) is 18.2 Å². The number of carbonyl (C=O) groups is 1. The Kier molecular flexibility index (Phi) is 3.81. The van der Waals surface area contributed by atoms with E-state index in [4.69, 9.17) is 9.66 Å². The monoisotopic (exact) mass is 296 g/mol. The SMILES string of the molecule is CCc1noc(NC(=O)c2ccc(S(N)(=O)=O)cc2)n1. The Balaban J connectivity index is 2.13. The zero-order valence-electron chi connectivity index (χ0n) is 10.5. The maximum absolute atomic E-state index is 11.9. The lowest BCUT2D eigenvalue weighted by Gasteiger charge is -2.02. The molecule has 0 aliphatic carbocycles. The molecular weight excluding hydrogens is 284 g/mol. The van der Waals surface area contributed by atoms with Gasteiger partial charge in [-0.2, -0.15) is 4.98 Å². The molecule has 0 fully saturated rings. The quantitative estimate of drug-likeness (QED) is 0.847. The van der Waals surface area contributed by atoms with Gasteiger partial charge in [0.15, 0.2) is 5.82 Å². The Bertz CT molecular complexity index is 721. The normalized spacial score (nSPS) is 11.3. The molecule has 0 atom stereocenters. The number of rotatable bonds is 4. The van der Waals surface area contributed by atoms with Gasteiger partial charge >= 0.3 is 6.01 Å². The summed E-state index contributed by atoms with van der Waals surface area (Å²) in [5, 5.41) is 11.0. The summed E-state index contributed by atoms with van der Waals surface area (Å²) in [5.41, 5.74) is 0.244. The van der Waals surface area contributed by atoms with Crippen molar-refractivity contribution in [2.75, 3.05) is 5.32 Å². The van der Waals surface area contributed by atoms with Crippen LogP contribution in [0.5, 0.6) is 0 Å². The number of aromatic nitrogens is 2. The van der Waals surface area contributed by atoms with Gasteiger partial charge in [-0.3, -0.25) is 10.1 Å². The summed E-state index contributed by atoms with van der Waals surface area (Å²) in [6.07, 6.45) is 0.586. The molecule has 0 bridgehead atoms. The molecule has 1 heterocycles. The first kappa shape index (κ1) is 14.2. The summed E-state index contributed by atoms with van der Waals surface area (Å²) in [5.74, 6) is -0.0119. The molecule has 1 amide bonds. The number of hydrogen-bond acceptors (Lipinski definition) is 6. The van der Waals surface area contributed by atoms with Gasteiger partial charge in [0.05, 0.1) is 4.90 Å². The lowest BCUT2D eigenvalue weighted by molar-refractivity contribution is 0.102. The lowest BCUT2D eigenvalue weighted by atomic mass is 10.2. The summed E-state index contributed by atoms with van der Waals surface area (Å²) >= 11 is 0. The van der Waals surface area contributed by atoms with Crippen molar-refractivity contribution < 1.29 is 17.7 Å². The van der Waals surface area contributed by atoms with Crippen molar-refractivity contribution in [3.8, 4) is 0 Å². The summed E-state index contributed by atoms with van der Waals surface area (Å²) in [6.45, 7) is 1.85. The van der Waals surface area contributed by atoms with E-state index < -0.39 is 15.9 Å².